The standard InChI is InChI=1S/C16H27BrN2/c1-13-6-7-15(17)12-14(13)8-11-19(4)10-5-9-16(2,3)18/h6-7,12H,5,8-11,18H2,1-4H3. The molecule has 108 valence electrons. The van der Waals surface area contributed by atoms with Gasteiger partial charge in [-0.2, -0.15) is 0 Å². The van der Waals surface area contributed by atoms with Crippen molar-refractivity contribution in [3.63, 3.8) is 0 Å². The summed E-state index contributed by atoms with van der Waals surface area (Å²) < 4.78 is 1.17. The van der Waals surface area contributed by atoms with Gasteiger partial charge in [0.1, 0.15) is 0 Å². The lowest BCUT2D eigenvalue weighted by Crippen LogP contribution is -2.33. The van der Waals surface area contributed by atoms with Crippen LogP contribution in [0.15, 0.2) is 22.7 Å². The fraction of sp³-hybridized carbons (Fsp3) is 0.625. The fourth-order valence-corrected chi connectivity index (χ4v) is 2.55. The topological polar surface area (TPSA) is 29.3 Å². The first-order valence-corrected chi connectivity index (χ1v) is 7.80. The summed E-state index contributed by atoms with van der Waals surface area (Å²) in [6, 6.07) is 6.51. The molecule has 0 atom stereocenters. The van der Waals surface area contributed by atoms with Gasteiger partial charge in [-0.05, 0) is 76.9 Å². The fourth-order valence-electron chi connectivity index (χ4n) is 2.14. The van der Waals surface area contributed by atoms with E-state index >= 15 is 0 Å². The summed E-state index contributed by atoms with van der Waals surface area (Å²) in [5.41, 5.74) is 8.77. The van der Waals surface area contributed by atoms with E-state index in [-0.39, 0.29) is 5.54 Å². The molecule has 19 heavy (non-hydrogen) atoms. The Kier molecular flexibility index (Phi) is 6.51. The third kappa shape index (κ3) is 7.09. The second kappa shape index (κ2) is 7.41. The number of halogens is 1. The highest BCUT2D eigenvalue weighted by Crippen LogP contribution is 2.17. The number of hydrogen-bond acceptors (Lipinski definition) is 2. The minimum Gasteiger partial charge on any atom is -0.326 e. The van der Waals surface area contributed by atoms with Gasteiger partial charge in [0, 0.05) is 16.6 Å². The molecular formula is C16H27BrN2. The Morgan fingerprint density at radius 3 is 2.58 bits per heavy atom. The van der Waals surface area contributed by atoms with Crippen LogP contribution in [0.3, 0.4) is 0 Å². The minimum atomic E-state index is -0.0400. The Morgan fingerprint density at radius 2 is 1.95 bits per heavy atom. The van der Waals surface area contributed by atoms with Crippen molar-refractivity contribution in [2.45, 2.75) is 45.6 Å². The van der Waals surface area contributed by atoms with Gasteiger partial charge in [0.25, 0.3) is 0 Å². The summed E-state index contributed by atoms with van der Waals surface area (Å²) in [6.45, 7) is 8.59. The molecule has 3 heteroatoms. The van der Waals surface area contributed by atoms with Crippen molar-refractivity contribution in [2.24, 2.45) is 5.73 Å². The molecule has 0 aliphatic carbocycles. The second-order valence-electron chi connectivity index (χ2n) is 6.22. The van der Waals surface area contributed by atoms with Crippen LogP contribution in [0.25, 0.3) is 0 Å². The number of aryl methyl sites for hydroxylation is 1. The third-order valence-electron chi connectivity index (χ3n) is 3.43. The molecule has 0 heterocycles. The molecule has 2 N–H and O–H groups in total. The predicted molar refractivity (Wildman–Crippen MR) is 87.6 cm³/mol. The van der Waals surface area contributed by atoms with Crippen molar-refractivity contribution in [3.8, 4) is 0 Å². The van der Waals surface area contributed by atoms with Crippen molar-refractivity contribution in [1.29, 1.82) is 0 Å². The van der Waals surface area contributed by atoms with Crippen molar-refractivity contribution in [3.05, 3.63) is 33.8 Å². The van der Waals surface area contributed by atoms with Gasteiger partial charge >= 0.3 is 0 Å². The van der Waals surface area contributed by atoms with Crippen LogP contribution in [-0.4, -0.2) is 30.6 Å². The highest BCUT2D eigenvalue weighted by molar-refractivity contribution is 9.10. The summed E-state index contributed by atoms with van der Waals surface area (Å²) in [5.74, 6) is 0. The van der Waals surface area contributed by atoms with Gasteiger partial charge < -0.3 is 10.6 Å². The van der Waals surface area contributed by atoms with E-state index in [0.717, 1.165) is 32.4 Å². The van der Waals surface area contributed by atoms with E-state index in [2.05, 4.69) is 66.8 Å². The van der Waals surface area contributed by atoms with Crippen LogP contribution >= 0.6 is 15.9 Å². The summed E-state index contributed by atoms with van der Waals surface area (Å²) in [7, 11) is 2.19. The number of benzene rings is 1. The summed E-state index contributed by atoms with van der Waals surface area (Å²) in [6.07, 6.45) is 3.35. The van der Waals surface area contributed by atoms with Crippen LogP contribution in [0.4, 0.5) is 0 Å². The maximum atomic E-state index is 6.00. The summed E-state index contributed by atoms with van der Waals surface area (Å²) in [4.78, 5) is 2.39. The van der Waals surface area contributed by atoms with Gasteiger partial charge in [0.05, 0.1) is 0 Å². The van der Waals surface area contributed by atoms with Crippen molar-refractivity contribution >= 4 is 15.9 Å². The molecule has 1 rings (SSSR count). The molecule has 0 amide bonds. The first-order valence-electron chi connectivity index (χ1n) is 7.00. The van der Waals surface area contributed by atoms with E-state index in [9.17, 15) is 0 Å². The second-order valence-corrected chi connectivity index (χ2v) is 7.13. The summed E-state index contributed by atoms with van der Waals surface area (Å²) >= 11 is 3.54. The molecule has 0 aromatic heterocycles. The van der Waals surface area contributed by atoms with Gasteiger partial charge in [-0.25, -0.2) is 0 Å². The number of likely N-dealkylation sites (N-methyl/N-ethyl adjacent to an activating group) is 1. The van der Waals surface area contributed by atoms with Crippen molar-refractivity contribution in [1.82, 2.24) is 4.90 Å². The van der Waals surface area contributed by atoms with Gasteiger partial charge in [-0.3, -0.25) is 0 Å². The van der Waals surface area contributed by atoms with Crippen LogP contribution in [0.5, 0.6) is 0 Å². The number of nitrogens with zero attached hydrogens (tertiary/aromatic N) is 1. The average Bonchev–Trinajstić information content (AvgIpc) is 2.28. The van der Waals surface area contributed by atoms with E-state index < -0.39 is 0 Å². The van der Waals surface area contributed by atoms with Gasteiger partial charge in [0.2, 0.25) is 0 Å². The van der Waals surface area contributed by atoms with E-state index in [1.54, 1.807) is 0 Å². The molecule has 2 nitrogen and oxygen atoms in total. The quantitative estimate of drug-likeness (QED) is 0.826. The van der Waals surface area contributed by atoms with Crippen LogP contribution in [0.2, 0.25) is 0 Å². The van der Waals surface area contributed by atoms with Crippen molar-refractivity contribution in [2.75, 3.05) is 20.1 Å². The van der Waals surface area contributed by atoms with Crippen molar-refractivity contribution < 1.29 is 0 Å². The van der Waals surface area contributed by atoms with Gasteiger partial charge in [0.15, 0.2) is 0 Å². The smallest absolute Gasteiger partial charge is 0.0178 e. The Hall–Kier alpha value is -0.380. The van der Waals surface area contributed by atoms with E-state index in [4.69, 9.17) is 5.73 Å². The monoisotopic (exact) mass is 326 g/mol. The molecular weight excluding hydrogens is 300 g/mol. The molecule has 1 aromatic carbocycles. The van der Waals surface area contributed by atoms with Crippen LogP contribution in [0, 0.1) is 6.92 Å². The maximum Gasteiger partial charge on any atom is 0.0178 e. The molecule has 0 unspecified atom stereocenters. The minimum absolute atomic E-state index is 0.0400. The zero-order chi connectivity index (χ0) is 14.5. The normalized spacial score (nSPS) is 12.2. The largest absolute Gasteiger partial charge is 0.326 e. The highest BCUT2D eigenvalue weighted by atomic mass is 79.9. The summed E-state index contributed by atoms with van der Waals surface area (Å²) in [5, 5.41) is 0. The Morgan fingerprint density at radius 1 is 1.26 bits per heavy atom. The van der Waals surface area contributed by atoms with Gasteiger partial charge in [-0.1, -0.05) is 22.0 Å². The molecule has 0 spiro atoms. The zero-order valence-corrected chi connectivity index (χ0v) is 14.3. The predicted octanol–water partition coefficient (Wildman–Crippen LogP) is 3.75. The van der Waals surface area contributed by atoms with Crippen LogP contribution in [0.1, 0.15) is 37.8 Å². The number of rotatable bonds is 7. The van der Waals surface area contributed by atoms with Gasteiger partial charge in [-0.15, -0.1) is 0 Å². The first kappa shape index (κ1) is 16.7. The van der Waals surface area contributed by atoms with Crippen LogP contribution < -0.4 is 5.73 Å². The zero-order valence-electron chi connectivity index (χ0n) is 12.7. The first-order chi connectivity index (χ1) is 8.78. The lowest BCUT2D eigenvalue weighted by atomic mass is 10.00. The third-order valence-corrected chi connectivity index (χ3v) is 3.93. The molecule has 0 radical (unpaired) electrons. The molecule has 0 aliphatic rings. The molecule has 0 aliphatic heterocycles. The Labute approximate surface area is 126 Å². The molecule has 0 saturated heterocycles. The molecule has 0 bridgehead atoms. The number of hydrogen-bond donors (Lipinski definition) is 1. The SMILES string of the molecule is Cc1ccc(Br)cc1CCN(C)CCCC(C)(C)N. The molecule has 0 fully saturated rings. The van der Waals surface area contributed by atoms with E-state index in [1.165, 1.54) is 15.6 Å². The average molecular weight is 327 g/mol. The Bertz CT molecular complexity index is 396. The van der Waals surface area contributed by atoms with E-state index in [0.29, 0.717) is 0 Å². The highest BCUT2D eigenvalue weighted by Gasteiger charge is 2.10. The number of nitrogens with two attached hydrogens (primary N) is 1. The Balaban J connectivity index is 2.34. The molecule has 0 saturated carbocycles. The lowest BCUT2D eigenvalue weighted by Gasteiger charge is -2.21. The lowest BCUT2D eigenvalue weighted by molar-refractivity contribution is 0.312. The molecule has 1 aromatic rings. The van der Waals surface area contributed by atoms with Crippen LogP contribution in [-0.2, 0) is 6.42 Å². The maximum absolute atomic E-state index is 6.00. The van der Waals surface area contributed by atoms with E-state index in [1.807, 2.05) is 0 Å².